The lowest BCUT2D eigenvalue weighted by Gasteiger charge is -2.26. The highest BCUT2D eigenvalue weighted by Crippen LogP contribution is 2.32. The average Bonchev–Trinajstić information content (AvgIpc) is 3.21. The lowest BCUT2D eigenvalue weighted by Crippen LogP contribution is -2.33. The summed E-state index contributed by atoms with van der Waals surface area (Å²) in [6.45, 7) is 2.59. The summed E-state index contributed by atoms with van der Waals surface area (Å²) >= 11 is 1.31. The van der Waals surface area contributed by atoms with Crippen molar-refractivity contribution in [2.45, 2.75) is 30.6 Å². The average molecular weight is 456 g/mol. The molecule has 1 N–H and O–H groups in total. The Balaban J connectivity index is 1.51. The van der Waals surface area contributed by atoms with Crippen molar-refractivity contribution in [3.05, 3.63) is 65.7 Å². The Morgan fingerprint density at radius 3 is 2.75 bits per heavy atom. The Morgan fingerprint density at radius 1 is 1.25 bits per heavy atom. The Bertz CT molecular complexity index is 1090. The summed E-state index contributed by atoms with van der Waals surface area (Å²) < 4.78 is 21.0. The molecule has 0 fully saturated rings. The first kappa shape index (κ1) is 22.3. The molecule has 3 aromatic rings. The first-order valence-corrected chi connectivity index (χ1v) is 11.4. The van der Waals surface area contributed by atoms with E-state index in [1.807, 2.05) is 54.8 Å². The van der Waals surface area contributed by atoms with Gasteiger partial charge in [0.2, 0.25) is 5.91 Å². The molecule has 0 saturated carbocycles. The van der Waals surface area contributed by atoms with Gasteiger partial charge in [-0.2, -0.15) is 0 Å². The molecule has 2 unspecified atom stereocenters. The fourth-order valence-electron chi connectivity index (χ4n) is 3.57. The van der Waals surface area contributed by atoms with E-state index in [4.69, 9.17) is 4.74 Å². The number of ether oxygens (including phenoxy) is 1. The molecule has 168 valence electrons. The van der Waals surface area contributed by atoms with Crippen LogP contribution in [0.1, 0.15) is 36.8 Å². The number of aromatic nitrogens is 3. The van der Waals surface area contributed by atoms with Gasteiger partial charge >= 0.3 is 0 Å². The van der Waals surface area contributed by atoms with Crippen LogP contribution in [0.4, 0.5) is 4.39 Å². The van der Waals surface area contributed by atoms with Crippen LogP contribution in [-0.4, -0.2) is 52.0 Å². The van der Waals surface area contributed by atoms with Crippen molar-refractivity contribution in [2.24, 2.45) is 0 Å². The molecule has 2 atom stereocenters. The van der Waals surface area contributed by atoms with Crippen molar-refractivity contribution in [1.29, 1.82) is 0 Å². The van der Waals surface area contributed by atoms with Crippen molar-refractivity contribution in [2.75, 3.05) is 26.5 Å². The van der Waals surface area contributed by atoms with Gasteiger partial charge in [-0.1, -0.05) is 30.0 Å². The number of nitrogens with zero attached hydrogens (tertiary/aromatic N) is 4. The zero-order chi connectivity index (χ0) is 22.7. The quantitative estimate of drug-likeness (QED) is 0.547. The van der Waals surface area contributed by atoms with Crippen LogP contribution < -0.4 is 10.1 Å². The second-order valence-corrected chi connectivity index (χ2v) is 8.82. The number of fused-ring (bicyclic) bond motifs is 1. The minimum absolute atomic E-state index is 0.0190. The Morgan fingerprint density at radius 2 is 2.00 bits per heavy atom. The molecule has 0 bridgehead atoms. The largest absolute Gasteiger partial charge is 0.493 e. The third-order valence-corrected chi connectivity index (χ3v) is 6.45. The molecule has 2 aromatic carbocycles. The molecule has 1 aliphatic rings. The number of hydrogen-bond acceptors (Lipinski definition) is 6. The van der Waals surface area contributed by atoms with E-state index in [0.29, 0.717) is 11.8 Å². The van der Waals surface area contributed by atoms with Crippen molar-refractivity contribution < 1.29 is 13.9 Å². The molecule has 4 rings (SSSR count). The van der Waals surface area contributed by atoms with Crippen molar-refractivity contribution in [3.63, 3.8) is 0 Å². The number of rotatable bonds is 7. The molecule has 0 spiro atoms. The summed E-state index contributed by atoms with van der Waals surface area (Å²) in [6.07, 6.45) is 0.726. The summed E-state index contributed by atoms with van der Waals surface area (Å²) in [7, 11) is 3.92. The number of carbonyl (C=O) groups is 1. The number of thioether (sulfide) groups is 1. The van der Waals surface area contributed by atoms with Gasteiger partial charge in [-0.3, -0.25) is 14.3 Å². The van der Waals surface area contributed by atoms with E-state index in [1.54, 1.807) is 12.1 Å². The van der Waals surface area contributed by atoms with Gasteiger partial charge in [0.25, 0.3) is 0 Å². The first-order valence-electron chi connectivity index (χ1n) is 10.5. The van der Waals surface area contributed by atoms with Crippen LogP contribution in [-0.2, 0) is 4.79 Å². The standard InChI is InChI=1S/C23H26FN5O2S/c1-15(28(2)3)22-26-27-23(29(22)17-10-8-16(24)9-11-17)32-14-21(30)25-19-12-13-31-20-7-5-4-6-18(19)20/h4-11,15,19H,12-14H2,1-3H3,(H,25,30). The highest BCUT2D eigenvalue weighted by molar-refractivity contribution is 7.99. The number of hydrogen-bond donors (Lipinski definition) is 1. The van der Waals surface area contributed by atoms with E-state index in [0.717, 1.165) is 29.2 Å². The molecule has 9 heteroatoms. The molecule has 1 aliphatic heterocycles. The van der Waals surface area contributed by atoms with Gasteiger partial charge in [0.15, 0.2) is 11.0 Å². The highest BCUT2D eigenvalue weighted by atomic mass is 32.2. The van der Waals surface area contributed by atoms with Gasteiger partial charge < -0.3 is 10.1 Å². The smallest absolute Gasteiger partial charge is 0.230 e. The third-order valence-electron chi connectivity index (χ3n) is 5.52. The molecule has 7 nitrogen and oxygen atoms in total. The summed E-state index contributed by atoms with van der Waals surface area (Å²) in [6, 6.07) is 13.9. The monoisotopic (exact) mass is 455 g/mol. The van der Waals surface area contributed by atoms with Gasteiger partial charge in [-0.15, -0.1) is 10.2 Å². The fraction of sp³-hybridized carbons (Fsp3) is 0.348. The van der Waals surface area contributed by atoms with Crippen LogP contribution in [0.15, 0.2) is 53.7 Å². The Hall–Kier alpha value is -2.91. The molecule has 1 aromatic heterocycles. The number of carbonyl (C=O) groups excluding carboxylic acids is 1. The summed E-state index contributed by atoms with van der Waals surface area (Å²) in [5, 5.41) is 12.4. The predicted molar refractivity (Wildman–Crippen MR) is 122 cm³/mol. The van der Waals surface area contributed by atoms with E-state index >= 15 is 0 Å². The van der Waals surface area contributed by atoms with Crippen LogP contribution in [0.3, 0.4) is 0 Å². The second kappa shape index (κ2) is 9.70. The molecule has 0 radical (unpaired) electrons. The lowest BCUT2D eigenvalue weighted by molar-refractivity contribution is -0.119. The molecule has 0 saturated heterocycles. The van der Waals surface area contributed by atoms with Crippen LogP contribution in [0.2, 0.25) is 0 Å². The van der Waals surface area contributed by atoms with Crippen LogP contribution in [0.25, 0.3) is 5.69 Å². The summed E-state index contributed by atoms with van der Waals surface area (Å²) in [5.74, 6) is 1.33. The Labute approximate surface area is 191 Å². The van der Waals surface area contributed by atoms with E-state index in [-0.39, 0.29) is 29.6 Å². The SMILES string of the molecule is CC(c1nnc(SCC(=O)NC2CCOc3ccccc32)n1-c1ccc(F)cc1)N(C)C. The van der Waals surface area contributed by atoms with Gasteiger partial charge in [0.1, 0.15) is 11.6 Å². The third kappa shape index (κ3) is 4.78. The van der Waals surface area contributed by atoms with Crippen molar-refractivity contribution in [3.8, 4) is 11.4 Å². The molecule has 0 aliphatic carbocycles. The minimum Gasteiger partial charge on any atom is -0.493 e. The summed E-state index contributed by atoms with van der Waals surface area (Å²) in [5.41, 5.74) is 1.75. The maximum atomic E-state index is 13.5. The number of benzene rings is 2. The maximum Gasteiger partial charge on any atom is 0.230 e. The number of para-hydroxylation sites is 1. The van der Waals surface area contributed by atoms with Crippen molar-refractivity contribution in [1.82, 2.24) is 25.0 Å². The van der Waals surface area contributed by atoms with Crippen LogP contribution >= 0.6 is 11.8 Å². The van der Waals surface area contributed by atoms with Gasteiger partial charge in [0, 0.05) is 17.7 Å². The van der Waals surface area contributed by atoms with Gasteiger partial charge in [0.05, 0.1) is 24.4 Å². The number of halogens is 1. The molecule has 32 heavy (non-hydrogen) atoms. The van der Waals surface area contributed by atoms with E-state index in [9.17, 15) is 9.18 Å². The first-order chi connectivity index (χ1) is 15.4. The topological polar surface area (TPSA) is 72.3 Å². The Kier molecular flexibility index (Phi) is 6.76. The molecular weight excluding hydrogens is 429 g/mol. The maximum absolute atomic E-state index is 13.5. The fourth-order valence-corrected chi connectivity index (χ4v) is 4.34. The van der Waals surface area contributed by atoms with Crippen LogP contribution in [0, 0.1) is 5.82 Å². The minimum atomic E-state index is -0.311. The number of amides is 1. The predicted octanol–water partition coefficient (Wildman–Crippen LogP) is 3.76. The van der Waals surface area contributed by atoms with E-state index < -0.39 is 0 Å². The van der Waals surface area contributed by atoms with E-state index in [1.165, 1.54) is 23.9 Å². The highest BCUT2D eigenvalue weighted by Gasteiger charge is 2.24. The zero-order valence-corrected chi connectivity index (χ0v) is 19.1. The van der Waals surface area contributed by atoms with Crippen molar-refractivity contribution >= 4 is 17.7 Å². The van der Waals surface area contributed by atoms with Gasteiger partial charge in [-0.05, 0) is 51.4 Å². The summed E-state index contributed by atoms with van der Waals surface area (Å²) in [4.78, 5) is 14.8. The molecular formula is C23H26FN5O2S. The van der Waals surface area contributed by atoms with Gasteiger partial charge in [-0.25, -0.2) is 4.39 Å². The number of nitrogens with one attached hydrogen (secondary N) is 1. The second-order valence-electron chi connectivity index (χ2n) is 7.88. The normalized spacial score (nSPS) is 16.3. The van der Waals surface area contributed by atoms with E-state index in [2.05, 4.69) is 15.5 Å². The molecule has 2 heterocycles. The zero-order valence-electron chi connectivity index (χ0n) is 18.3. The van der Waals surface area contributed by atoms with Crippen LogP contribution in [0.5, 0.6) is 5.75 Å². The lowest BCUT2D eigenvalue weighted by atomic mass is 10.0. The molecule has 1 amide bonds.